The fraction of sp³-hybridized carbons (Fsp3) is 0. The van der Waals surface area contributed by atoms with Gasteiger partial charge in [0, 0.05) is 5.56 Å². The second kappa shape index (κ2) is 4.40. The third-order valence-electron chi connectivity index (χ3n) is 2.81. The van der Waals surface area contributed by atoms with Gasteiger partial charge in [0.2, 0.25) is 0 Å². The van der Waals surface area contributed by atoms with E-state index in [1.54, 1.807) is 12.1 Å². The van der Waals surface area contributed by atoms with Crippen LogP contribution in [0.15, 0.2) is 42.5 Å². The Labute approximate surface area is 113 Å². The van der Waals surface area contributed by atoms with Crippen molar-refractivity contribution in [2.45, 2.75) is 0 Å². The molecular weight excluding hydrogens is 263 g/mol. The van der Waals surface area contributed by atoms with Crippen LogP contribution in [-0.2, 0) is 0 Å². The van der Waals surface area contributed by atoms with Gasteiger partial charge in [-0.2, -0.15) is 0 Å². The van der Waals surface area contributed by atoms with Crippen LogP contribution in [0.3, 0.4) is 0 Å². The van der Waals surface area contributed by atoms with Gasteiger partial charge in [-0.15, -0.1) is 5.10 Å². The summed E-state index contributed by atoms with van der Waals surface area (Å²) < 4.78 is 15.6. The van der Waals surface area contributed by atoms with Crippen LogP contribution >= 0.6 is 12.2 Å². The summed E-state index contributed by atoms with van der Waals surface area (Å²) in [5.41, 5.74) is 7.72. The third kappa shape index (κ3) is 1.96. The zero-order valence-corrected chi connectivity index (χ0v) is 10.6. The van der Waals surface area contributed by atoms with Gasteiger partial charge in [0.15, 0.2) is 0 Å². The molecule has 0 spiro atoms. The summed E-state index contributed by atoms with van der Waals surface area (Å²) >= 11 is 4.82. The Morgan fingerprint density at radius 2 is 2.00 bits per heavy atom. The summed E-state index contributed by atoms with van der Waals surface area (Å²) in [6.07, 6.45) is 0. The van der Waals surface area contributed by atoms with E-state index in [9.17, 15) is 4.39 Å². The van der Waals surface area contributed by atoms with Crippen LogP contribution in [-0.4, -0.2) is 20.0 Å². The number of hydrogen-bond acceptors (Lipinski definition) is 3. The molecule has 2 aromatic carbocycles. The molecule has 3 rings (SSSR count). The van der Waals surface area contributed by atoms with Crippen LogP contribution in [0.5, 0.6) is 0 Å². The van der Waals surface area contributed by atoms with Gasteiger partial charge < -0.3 is 5.73 Å². The molecule has 0 unspecified atom stereocenters. The maximum absolute atomic E-state index is 14.1. The number of aromatic nitrogens is 3. The maximum Gasteiger partial charge on any atom is 0.149 e. The molecule has 94 valence electrons. The Hall–Kier alpha value is -2.34. The number of thiocarbonyl (C=S) groups is 1. The molecule has 1 aromatic heterocycles. The molecule has 4 nitrogen and oxygen atoms in total. The number of benzene rings is 2. The van der Waals surface area contributed by atoms with Crippen molar-refractivity contribution in [3.63, 3.8) is 0 Å². The van der Waals surface area contributed by atoms with Gasteiger partial charge in [-0.1, -0.05) is 29.6 Å². The summed E-state index contributed by atoms with van der Waals surface area (Å²) in [5, 5.41) is 7.95. The molecule has 0 fully saturated rings. The van der Waals surface area contributed by atoms with Crippen molar-refractivity contribution in [3.8, 4) is 5.69 Å². The average molecular weight is 272 g/mol. The van der Waals surface area contributed by atoms with Gasteiger partial charge in [0.25, 0.3) is 0 Å². The first-order valence-electron chi connectivity index (χ1n) is 5.57. The number of fused-ring (bicyclic) bond motifs is 1. The maximum atomic E-state index is 14.1. The molecule has 0 atom stereocenters. The summed E-state index contributed by atoms with van der Waals surface area (Å²) in [4.78, 5) is 0.161. The molecule has 6 heteroatoms. The van der Waals surface area contributed by atoms with Crippen LogP contribution in [0.25, 0.3) is 16.7 Å². The fourth-order valence-corrected chi connectivity index (χ4v) is 2.01. The van der Waals surface area contributed by atoms with Gasteiger partial charge in [-0.3, -0.25) is 0 Å². The standard InChI is InChI=1S/C13H9FN4S/c14-9-7-8(13(15)19)5-6-11(9)18-12-4-2-1-3-10(12)16-17-18/h1-7H,(H2,15,19). The molecule has 2 N–H and O–H groups in total. The SMILES string of the molecule is NC(=S)c1ccc(-n2nnc3ccccc32)c(F)c1. The average Bonchev–Trinajstić information content (AvgIpc) is 2.82. The molecular formula is C13H9FN4S. The van der Waals surface area contributed by atoms with E-state index in [1.807, 2.05) is 24.3 Å². The van der Waals surface area contributed by atoms with Crippen LogP contribution in [0.2, 0.25) is 0 Å². The van der Waals surface area contributed by atoms with Gasteiger partial charge in [0.05, 0.1) is 5.52 Å². The van der Waals surface area contributed by atoms with Crippen LogP contribution in [0.4, 0.5) is 4.39 Å². The first-order chi connectivity index (χ1) is 9.16. The Bertz CT molecular complexity index is 781. The molecule has 3 aromatic rings. The molecule has 0 saturated heterocycles. The van der Waals surface area contributed by atoms with Gasteiger partial charge in [-0.05, 0) is 30.3 Å². The molecule has 0 saturated carbocycles. The first-order valence-corrected chi connectivity index (χ1v) is 5.98. The van der Waals surface area contributed by atoms with E-state index in [-0.39, 0.29) is 4.99 Å². The molecule has 0 aliphatic heterocycles. The zero-order chi connectivity index (χ0) is 13.4. The normalized spacial score (nSPS) is 10.8. The van der Waals surface area contributed by atoms with Crippen molar-refractivity contribution in [1.29, 1.82) is 0 Å². The number of halogens is 1. The number of rotatable bonds is 2. The fourth-order valence-electron chi connectivity index (χ4n) is 1.88. The molecule has 0 amide bonds. The smallest absolute Gasteiger partial charge is 0.149 e. The van der Waals surface area contributed by atoms with Crippen LogP contribution in [0, 0.1) is 5.82 Å². The highest BCUT2D eigenvalue weighted by Gasteiger charge is 2.11. The lowest BCUT2D eigenvalue weighted by molar-refractivity contribution is 0.609. The van der Waals surface area contributed by atoms with E-state index >= 15 is 0 Å². The number of nitrogens with two attached hydrogens (primary N) is 1. The lowest BCUT2D eigenvalue weighted by Gasteiger charge is -2.05. The molecule has 0 aliphatic carbocycles. The highest BCUT2D eigenvalue weighted by molar-refractivity contribution is 7.80. The van der Waals surface area contributed by atoms with E-state index in [4.69, 9.17) is 18.0 Å². The van der Waals surface area contributed by atoms with Crippen molar-refractivity contribution >= 4 is 28.2 Å². The minimum atomic E-state index is -0.444. The van der Waals surface area contributed by atoms with Crippen molar-refractivity contribution in [2.75, 3.05) is 0 Å². The Morgan fingerprint density at radius 1 is 1.21 bits per heavy atom. The molecule has 0 radical (unpaired) electrons. The zero-order valence-electron chi connectivity index (χ0n) is 9.75. The third-order valence-corrected chi connectivity index (χ3v) is 3.05. The molecule has 19 heavy (non-hydrogen) atoms. The topological polar surface area (TPSA) is 56.7 Å². The van der Waals surface area contributed by atoms with E-state index in [0.717, 1.165) is 5.52 Å². The van der Waals surface area contributed by atoms with E-state index in [0.29, 0.717) is 16.8 Å². The lowest BCUT2D eigenvalue weighted by atomic mass is 10.2. The summed E-state index contributed by atoms with van der Waals surface area (Å²) in [6.45, 7) is 0. The Kier molecular flexibility index (Phi) is 2.72. The minimum absolute atomic E-state index is 0.161. The van der Waals surface area contributed by atoms with Gasteiger partial charge in [-0.25, -0.2) is 9.07 Å². The number of nitrogens with zero attached hydrogens (tertiary/aromatic N) is 3. The number of hydrogen-bond donors (Lipinski definition) is 1. The lowest BCUT2D eigenvalue weighted by Crippen LogP contribution is -2.10. The van der Waals surface area contributed by atoms with Crippen molar-refractivity contribution < 1.29 is 4.39 Å². The molecule has 0 aliphatic rings. The van der Waals surface area contributed by atoms with E-state index in [1.165, 1.54) is 10.7 Å². The van der Waals surface area contributed by atoms with Crippen LogP contribution < -0.4 is 5.73 Å². The second-order valence-corrected chi connectivity index (χ2v) is 4.46. The first kappa shape index (κ1) is 11.7. The van der Waals surface area contributed by atoms with E-state index in [2.05, 4.69) is 10.3 Å². The van der Waals surface area contributed by atoms with E-state index < -0.39 is 5.82 Å². The monoisotopic (exact) mass is 272 g/mol. The van der Waals surface area contributed by atoms with Crippen molar-refractivity contribution in [1.82, 2.24) is 15.0 Å². The highest BCUT2D eigenvalue weighted by atomic mass is 32.1. The second-order valence-electron chi connectivity index (χ2n) is 4.02. The number of para-hydroxylation sites is 1. The molecule has 1 heterocycles. The van der Waals surface area contributed by atoms with Crippen molar-refractivity contribution in [2.24, 2.45) is 5.73 Å². The quantitative estimate of drug-likeness (QED) is 0.727. The minimum Gasteiger partial charge on any atom is -0.389 e. The van der Waals surface area contributed by atoms with Gasteiger partial charge >= 0.3 is 0 Å². The molecule has 0 bridgehead atoms. The largest absolute Gasteiger partial charge is 0.389 e. The highest BCUT2D eigenvalue weighted by Crippen LogP contribution is 2.19. The predicted molar refractivity (Wildman–Crippen MR) is 74.7 cm³/mol. The van der Waals surface area contributed by atoms with Gasteiger partial charge in [0.1, 0.15) is 22.0 Å². The Balaban J connectivity index is 2.19. The predicted octanol–water partition coefficient (Wildman–Crippen LogP) is 2.19. The van der Waals surface area contributed by atoms with Crippen molar-refractivity contribution in [3.05, 3.63) is 53.8 Å². The summed E-state index contributed by atoms with van der Waals surface area (Å²) in [7, 11) is 0. The van der Waals surface area contributed by atoms with Crippen LogP contribution in [0.1, 0.15) is 5.56 Å². The summed E-state index contributed by atoms with van der Waals surface area (Å²) in [6, 6.07) is 11.9. The Morgan fingerprint density at radius 3 is 2.74 bits per heavy atom. The summed E-state index contributed by atoms with van der Waals surface area (Å²) in [5.74, 6) is -0.444.